The molecule has 1 heterocycles. The van der Waals surface area contributed by atoms with Crippen LogP contribution in [0.2, 0.25) is 0 Å². The molecule has 0 radical (unpaired) electrons. The van der Waals surface area contributed by atoms with Crippen LogP contribution in [0.3, 0.4) is 0 Å². The van der Waals surface area contributed by atoms with Crippen molar-refractivity contribution in [2.24, 2.45) is 0 Å². The average molecular weight is 216 g/mol. The Morgan fingerprint density at radius 3 is 2.40 bits per heavy atom. The Morgan fingerprint density at radius 1 is 0.933 bits per heavy atom. The predicted molar refractivity (Wildman–Crippen MR) is 67.5 cm³/mol. The fourth-order valence-corrected chi connectivity index (χ4v) is 2.66. The Labute approximate surface area is 95.6 Å². The van der Waals surface area contributed by atoms with Crippen LogP contribution in [0.5, 0.6) is 0 Å². The Morgan fingerprint density at radius 2 is 1.73 bits per heavy atom. The van der Waals surface area contributed by atoms with Gasteiger partial charge >= 0.3 is 0 Å². The van der Waals surface area contributed by atoms with Gasteiger partial charge in [0.2, 0.25) is 0 Å². The van der Waals surface area contributed by atoms with E-state index in [1.54, 1.807) is 0 Å². The van der Waals surface area contributed by atoms with E-state index in [1.165, 1.54) is 34.6 Å². The molecule has 2 rings (SSSR count). The summed E-state index contributed by atoms with van der Waals surface area (Å²) >= 11 is 1.92. The zero-order valence-corrected chi connectivity index (χ0v) is 9.89. The van der Waals surface area contributed by atoms with E-state index in [0.29, 0.717) is 0 Å². The smallest absolute Gasteiger partial charge is 0.00481 e. The summed E-state index contributed by atoms with van der Waals surface area (Å²) < 4.78 is 0. The van der Waals surface area contributed by atoms with Gasteiger partial charge in [-0.25, -0.2) is 0 Å². The highest BCUT2D eigenvalue weighted by Crippen LogP contribution is 2.17. The third kappa shape index (κ3) is 3.21. The van der Waals surface area contributed by atoms with Crippen LogP contribution in [0.25, 0.3) is 0 Å². The van der Waals surface area contributed by atoms with Crippen molar-refractivity contribution in [1.82, 2.24) is 0 Å². The van der Waals surface area contributed by atoms with Crippen molar-refractivity contribution in [3.8, 4) is 0 Å². The van der Waals surface area contributed by atoms with Gasteiger partial charge in [-0.05, 0) is 43.9 Å². The summed E-state index contributed by atoms with van der Waals surface area (Å²) in [5.74, 6) is 0. The standard InChI is InChI=1S/C14H16S/c1-12-10-11-14(15-12)9-5-8-13-6-3-2-4-7-13/h2-4,6-7,10-11H,5,8-9H2,1H3. The van der Waals surface area contributed by atoms with Crippen LogP contribution < -0.4 is 0 Å². The first-order chi connectivity index (χ1) is 7.34. The van der Waals surface area contributed by atoms with Crippen molar-refractivity contribution in [3.63, 3.8) is 0 Å². The van der Waals surface area contributed by atoms with Gasteiger partial charge in [0.1, 0.15) is 0 Å². The third-order valence-corrected chi connectivity index (χ3v) is 3.59. The van der Waals surface area contributed by atoms with E-state index >= 15 is 0 Å². The third-order valence-electron chi connectivity index (χ3n) is 2.53. The van der Waals surface area contributed by atoms with Crippen molar-refractivity contribution in [1.29, 1.82) is 0 Å². The Kier molecular flexibility index (Phi) is 3.57. The van der Waals surface area contributed by atoms with E-state index in [4.69, 9.17) is 0 Å². The van der Waals surface area contributed by atoms with Crippen LogP contribution in [0.15, 0.2) is 42.5 Å². The highest BCUT2D eigenvalue weighted by molar-refractivity contribution is 7.11. The Hall–Kier alpha value is -1.08. The maximum Gasteiger partial charge on any atom is 0.00481 e. The molecule has 0 bridgehead atoms. The first-order valence-electron chi connectivity index (χ1n) is 5.44. The first kappa shape index (κ1) is 10.4. The van der Waals surface area contributed by atoms with Crippen LogP contribution in [-0.4, -0.2) is 0 Å². The number of hydrogen-bond acceptors (Lipinski definition) is 1. The Bertz CT molecular complexity index is 400. The van der Waals surface area contributed by atoms with E-state index < -0.39 is 0 Å². The minimum absolute atomic E-state index is 1.19. The summed E-state index contributed by atoms with van der Waals surface area (Å²) in [5, 5.41) is 0. The molecule has 0 N–H and O–H groups in total. The van der Waals surface area contributed by atoms with Gasteiger partial charge in [0.25, 0.3) is 0 Å². The van der Waals surface area contributed by atoms with Gasteiger partial charge in [0.05, 0.1) is 0 Å². The average Bonchev–Trinajstić information content (AvgIpc) is 2.66. The second kappa shape index (κ2) is 5.13. The SMILES string of the molecule is Cc1ccc(CCCc2ccccc2)s1. The molecule has 0 unspecified atom stereocenters. The molecular formula is C14H16S. The number of thiophene rings is 1. The molecule has 15 heavy (non-hydrogen) atoms. The summed E-state index contributed by atoms with van der Waals surface area (Å²) in [4.78, 5) is 2.94. The molecule has 0 amide bonds. The fourth-order valence-electron chi connectivity index (χ4n) is 1.73. The second-order valence-electron chi connectivity index (χ2n) is 3.85. The van der Waals surface area contributed by atoms with Crippen LogP contribution in [0.1, 0.15) is 21.7 Å². The van der Waals surface area contributed by atoms with Crippen molar-refractivity contribution in [2.75, 3.05) is 0 Å². The van der Waals surface area contributed by atoms with Gasteiger partial charge in [0, 0.05) is 9.75 Å². The molecule has 2 aromatic rings. The van der Waals surface area contributed by atoms with Gasteiger partial charge in [-0.1, -0.05) is 30.3 Å². The molecule has 0 saturated carbocycles. The van der Waals surface area contributed by atoms with Crippen molar-refractivity contribution in [2.45, 2.75) is 26.2 Å². The molecule has 0 atom stereocenters. The maximum absolute atomic E-state index is 2.25. The van der Waals surface area contributed by atoms with Gasteiger partial charge < -0.3 is 0 Å². The lowest BCUT2D eigenvalue weighted by molar-refractivity contribution is 0.831. The minimum Gasteiger partial charge on any atom is -0.146 e. The lowest BCUT2D eigenvalue weighted by Crippen LogP contribution is -1.87. The van der Waals surface area contributed by atoms with Gasteiger partial charge in [-0.2, -0.15) is 0 Å². The van der Waals surface area contributed by atoms with Crippen molar-refractivity contribution >= 4 is 11.3 Å². The monoisotopic (exact) mass is 216 g/mol. The van der Waals surface area contributed by atoms with Crippen molar-refractivity contribution in [3.05, 3.63) is 57.8 Å². The molecule has 1 aromatic heterocycles. The second-order valence-corrected chi connectivity index (χ2v) is 5.22. The summed E-state index contributed by atoms with van der Waals surface area (Å²) in [7, 11) is 0. The molecule has 0 aliphatic rings. The van der Waals surface area contributed by atoms with Gasteiger partial charge in [-0.3, -0.25) is 0 Å². The Balaban J connectivity index is 1.80. The zero-order valence-electron chi connectivity index (χ0n) is 9.07. The molecule has 78 valence electrons. The predicted octanol–water partition coefficient (Wildman–Crippen LogP) is 4.23. The molecule has 1 aromatic carbocycles. The summed E-state index contributed by atoms with van der Waals surface area (Å²) in [6, 6.07) is 15.2. The molecular weight excluding hydrogens is 200 g/mol. The van der Waals surface area contributed by atoms with Crippen LogP contribution in [0.4, 0.5) is 0 Å². The van der Waals surface area contributed by atoms with Crippen LogP contribution in [-0.2, 0) is 12.8 Å². The van der Waals surface area contributed by atoms with E-state index in [2.05, 4.69) is 49.4 Å². The van der Waals surface area contributed by atoms with Crippen LogP contribution in [0, 0.1) is 6.92 Å². The van der Waals surface area contributed by atoms with E-state index in [1.807, 2.05) is 11.3 Å². The lowest BCUT2D eigenvalue weighted by Gasteiger charge is -1.99. The van der Waals surface area contributed by atoms with Crippen LogP contribution >= 0.6 is 11.3 Å². The van der Waals surface area contributed by atoms with E-state index in [0.717, 1.165) is 0 Å². The van der Waals surface area contributed by atoms with Gasteiger partial charge in [0.15, 0.2) is 0 Å². The molecule has 0 spiro atoms. The largest absolute Gasteiger partial charge is 0.146 e. The summed E-state index contributed by atoms with van der Waals surface area (Å²) in [6.07, 6.45) is 3.66. The lowest BCUT2D eigenvalue weighted by atomic mass is 10.1. The fraction of sp³-hybridized carbons (Fsp3) is 0.286. The molecule has 0 fully saturated rings. The molecule has 0 aliphatic carbocycles. The van der Waals surface area contributed by atoms with E-state index in [9.17, 15) is 0 Å². The number of aryl methyl sites for hydroxylation is 3. The maximum atomic E-state index is 2.25. The molecule has 0 saturated heterocycles. The highest BCUT2D eigenvalue weighted by Gasteiger charge is 1.97. The summed E-state index contributed by atoms with van der Waals surface area (Å²) in [6.45, 7) is 2.17. The highest BCUT2D eigenvalue weighted by atomic mass is 32.1. The van der Waals surface area contributed by atoms with E-state index in [-0.39, 0.29) is 0 Å². The number of benzene rings is 1. The number of hydrogen-bond donors (Lipinski definition) is 0. The molecule has 0 aliphatic heterocycles. The quantitative estimate of drug-likeness (QED) is 0.717. The zero-order chi connectivity index (χ0) is 10.5. The number of rotatable bonds is 4. The molecule has 1 heteroatoms. The topological polar surface area (TPSA) is 0 Å². The first-order valence-corrected chi connectivity index (χ1v) is 6.25. The van der Waals surface area contributed by atoms with Gasteiger partial charge in [-0.15, -0.1) is 11.3 Å². The normalized spacial score (nSPS) is 10.5. The summed E-state index contributed by atoms with van der Waals surface area (Å²) in [5.41, 5.74) is 1.45. The van der Waals surface area contributed by atoms with Crippen molar-refractivity contribution < 1.29 is 0 Å². The molecule has 0 nitrogen and oxygen atoms in total. The minimum atomic E-state index is 1.19.